The molecule has 0 amide bonds. The predicted octanol–water partition coefficient (Wildman–Crippen LogP) is 6.93. The van der Waals surface area contributed by atoms with Crippen LogP contribution in [0.5, 0.6) is 0 Å². The van der Waals surface area contributed by atoms with Gasteiger partial charge in [-0.1, -0.05) is 66.7 Å². The molecule has 0 radical (unpaired) electrons. The van der Waals surface area contributed by atoms with Crippen molar-refractivity contribution in [3.05, 3.63) is 115 Å². The second-order valence-electron chi connectivity index (χ2n) is 6.44. The van der Waals surface area contributed by atoms with E-state index in [0.29, 0.717) is 5.56 Å². The molecule has 0 aliphatic heterocycles. The standard InChI is InChI=1S/C22H16Cl2N2O4/c23-21(16-9-5-2-6-10-16)22(24)18-13-17(12-11-15-7-3-1-4-8-15)19(25(27)28)14-20(18)26(29)30/h1-14,21-22H. The zero-order valence-electron chi connectivity index (χ0n) is 15.5. The van der Waals surface area contributed by atoms with Crippen LogP contribution in [0, 0.1) is 20.2 Å². The van der Waals surface area contributed by atoms with Crippen LogP contribution in [0.4, 0.5) is 11.4 Å². The summed E-state index contributed by atoms with van der Waals surface area (Å²) in [7, 11) is 0. The van der Waals surface area contributed by atoms with Gasteiger partial charge in [-0.15, -0.1) is 23.2 Å². The molecule has 152 valence electrons. The molecule has 0 saturated heterocycles. The number of nitro benzene ring substituents is 2. The van der Waals surface area contributed by atoms with Crippen LogP contribution in [0.15, 0.2) is 72.8 Å². The molecule has 2 atom stereocenters. The first-order chi connectivity index (χ1) is 14.4. The van der Waals surface area contributed by atoms with Crippen LogP contribution in [0.1, 0.15) is 33.0 Å². The Morgan fingerprint density at radius 2 is 1.30 bits per heavy atom. The maximum atomic E-state index is 11.6. The fraction of sp³-hybridized carbons (Fsp3) is 0.0909. The third kappa shape index (κ3) is 4.84. The number of benzene rings is 3. The largest absolute Gasteiger partial charge is 0.283 e. The number of halogens is 2. The van der Waals surface area contributed by atoms with Crippen molar-refractivity contribution in [3.63, 3.8) is 0 Å². The van der Waals surface area contributed by atoms with Gasteiger partial charge in [0.15, 0.2) is 0 Å². The molecule has 0 heterocycles. The molecule has 3 aromatic carbocycles. The maximum absolute atomic E-state index is 11.6. The van der Waals surface area contributed by atoms with E-state index >= 15 is 0 Å². The molecule has 3 rings (SSSR count). The molecule has 0 fully saturated rings. The smallest absolute Gasteiger partial charge is 0.258 e. The van der Waals surface area contributed by atoms with Crippen LogP contribution in [0.25, 0.3) is 12.2 Å². The first-order valence-electron chi connectivity index (χ1n) is 8.91. The summed E-state index contributed by atoms with van der Waals surface area (Å²) in [5, 5.41) is 21.4. The number of nitrogens with zero attached hydrogens (tertiary/aromatic N) is 2. The molecule has 0 saturated carbocycles. The van der Waals surface area contributed by atoms with Gasteiger partial charge < -0.3 is 0 Å². The van der Waals surface area contributed by atoms with Crippen LogP contribution >= 0.6 is 23.2 Å². The van der Waals surface area contributed by atoms with Crippen molar-refractivity contribution in [1.29, 1.82) is 0 Å². The van der Waals surface area contributed by atoms with Gasteiger partial charge in [0.2, 0.25) is 0 Å². The van der Waals surface area contributed by atoms with Gasteiger partial charge >= 0.3 is 0 Å². The van der Waals surface area contributed by atoms with Crippen molar-refractivity contribution < 1.29 is 9.85 Å². The Balaban J connectivity index is 2.10. The third-order valence-electron chi connectivity index (χ3n) is 4.50. The number of hydrogen-bond donors (Lipinski definition) is 0. The molecule has 2 unspecified atom stereocenters. The maximum Gasteiger partial charge on any atom is 0.283 e. The highest BCUT2D eigenvalue weighted by atomic mass is 35.5. The highest BCUT2D eigenvalue weighted by molar-refractivity contribution is 6.30. The average Bonchev–Trinajstić information content (AvgIpc) is 2.77. The van der Waals surface area contributed by atoms with Crippen molar-refractivity contribution in [2.45, 2.75) is 10.8 Å². The Morgan fingerprint density at radius 1 is 0.733 bits per heavy atom. The molecular formula is C22H16Cl2N2O4. The zero-order valence-corrected chi connectivity index (χ0v) is 17.0. The fourth-order valence-electron chi connectivity index (χ4n) is 3.00. The molecule has 6 nitrogen and oxygen atoms in total. The number of rotatable bonds is 7. The van der Waals surface area contributed by atoms with Crippen LogP contribution in [-0.4, -0.2) is 9.85 Å². The van der Waals surface area contributed by atoms with Crippen molar-refractivity contribution in [3.8, 4) is 0 Å². The van der Waals surface area contributed by atoms with Crippen LogP contribution in [0.2, 0.25) is 0 Å². The molecule has 8 heteroatoms. The first kappa shape index (κ1) is 21.5. The Labute approximate surface area is 182 Å². The second kappa shape index (κ2) is 9.52. The minimum absolute atomic E-state index is 0.115. The highest BCUT2D eigenvalue weighted by Gasteiger charge is 2.31. The highest BCUT2D eigenvalue weighted by Crippen LogP contribution is 2.44. The quantitative estimate of drug-likeness (QED) is 0.171. The Bertz CT molecular complexity index is 1090. The van der Waals surface area contributed by atoms with Crippen LogP contribution < -0.4 is 0 Å². The molecule has 0 aliphatic rings. The number of nitro groups is 2. The van der Waals surface area contributed by atoms with Gasteiger partial charge in [0.25, 0.3) is 11.4 Å². The fourth-order valence-corrected chi connectivity index (χ4v) is 3.60. The van der Waals surface area contributed by atoms with E-state index in [4.69, 9.17) is 23.2 Å². The average molecular weight is 443 g/mol. The normalized spacial score (nSPS) is 13.1. The van der Waals surface area contributed by atoms with Crippen LogP contribution in [-0.2, 0) is 0 Å². The predicted molar refractivity (Wildman–Crippen MR) is 119 cm³/mol. The van der Waals surface area contributed by atoms with Crippen molar-refractivity contribution in [1.82, 2.24) is 0 Å². The number of hydrogen-bond acceptors (Lipinski definition) is 4. The lowest BCUT2D eigenvalue weighted by molar-refractivity contribution is -0.394. The van der Waals surface area contributed by atoms with E-state index in [9.17, 15) is 20.2 Å². The van der Waals surface area contributed by atoms with E-state index in [1.807, 2.05) is 36.4 Å². The second-order valence-corrected chi connectivity index (χ2v) is 7.38. The Morgan fingerprint density at radius 3 is 1.87 bits per heavy atom. The van der Waals surface area contributed by atoms with Gasteiger partial charge in [-0.05, 0) is 23.3 Å². The molecule has 0 N–H and O–H groups in total. The summed E-state index contributed by atoms with van der Waals surface area (Å²) in [6, 6.07) is 20.4. The summed E-state index contributed by atoms with van der Waals surface area (Å²) in [5.74, 6) is 0. The Hall–Kier alpha value is -3.22. The molecule has 0 spiro atoms. The van der Waals surface area contributed by atoms with Crippen LogP contribution in [0.3, 0.4) is 0 Å². The Kier molecular flexibility index (Phi) is 6.82. The van der Waals surface area contributed by atoms with Gasteiger partial charge in [-0.25, -0.2) is 0 Å². The van der Waals surface area contributed by atoms with E-state index in [1.165, 1.54) is 12.1 Å². The van der Waals surface area contributed by atoms with Gasteiger partial charge in [0.1, 0.15) is 0 Å². The summed E-state index contributed by atoms with van der Waals surface area (Å²) in [6.45, 7) is 0. The van der Waals surface area contributed by atoms with Gasteiger partial charge in [-0.2, -0.15) is 0 Å². The molecule has 0 bridgehead atoms. The number of alkyl halides is 2. The summed E-state index contributed by atoms with van der Waals surface area (Å²) >= 11 is 13.0. The topological polar surface area (TPSA) is 86.3 Å². The minimum atomic E-state index is -0.973. The summed E-state index contributed by atoms with van der Waals surface area (Å²) in [5.41, 5.74) is 1.00. The van der Waals surface area contributed by atoms with E-state index < -0.39 is 26.3 Å². The van der Waals surface area contributed by atoms with E-state index in [-0.39, 0.29) is 16.8 Å². The van der Waals surface area contributed by atoms with E-state index in [2.05, 4.69) is 0 Å². The summed E-state index contributed by atoms with van der Waals surface area (Å²) in [4.78, 5) is 21.8. The molecule has 30 heavy (non-hydrogen) atoms. The lowest BCUT2D eigenvalue weighted by atomic mass is 9.98. The van der Waals surface area contributed by atoms with Crippen molar-refractivity contribution in [2.75, 3.05) is 0 Å². The SMILES string of the molecule is O=[N+]([O-])c1cc([N+](=O)[O-])c(C(Cl)C(Cl)c2ccccc2)cc1C=Cc1ccccc1. The van der Waals surface area contributed by atoms with Crippen molar-refractivity contribution in [2.24, 2.45) is 0 Å². The van der Waals surface area contributed by atoms with Gasteiger partial charge in [-0.3, -0.25) is 20.2 Å². The van der Waals surface area contributed by atoms with E-state index in [0.717, 1.165) is 11.6 Å². The van der Waals surface area contributed by atoms with E-state index in [1.54, 1.807) is 30.3 Å². The lowest BCUT2D eigenvalue weighted by Crippen LogP contribution is -2.06. The monoisotopic (exact) mass is 442 g/mol. The first-order valence-corrected chi connectivity index (χ1v) is 9.78. The summed E-state index contributed by atoms with van der Waals surface area (Å²) in [6.07, 6.45) is 3.23. The molecule has 0 aliphatic carbocycles. The van der Waals surface area contributed by atoms with Gasteiger partial charge in [0, 0.05) is 0 Å². The third-order valence-corrected chi connectivity index (χ3v) is 5.62. The molecular weight excluding hydrogens is 427 g/mol. The summed E-state index contributed by atoms with van der Waals surface area (Å²) < 4.78 is 0. The lowest BCUT2D eigenvalue weighted by Gasteiger charge is -2.17. The van der Waals surface area contributed by atoms with Gasteiger partial charge in [0.05, 0.1) is 37.8 Å². The molecule has 0 aromatic heterocycles. The van der Waals surface area contributed by atoms with Crippen molar-refractivity contribution >= 4 is 46.7 Å². The zero-order chi connectivity index (χ0) is 21.7. The molecule has 3 aromatic rings. The minimum Gasteiger partial charge on any atom is -0.258 e.